The van der Waals surface area contributed by atoms with Gasteiger partial charge in [0.25, 0.3) is 0 Å². The SMILES string of the molecule is CCCNC(C)c1nc(CCOCCOC)no1. The van der Waals surface area contributed by atoms with Crippen molar-refractivity contribution in [2.75, 3.05) is 33.5 Å². The Balaban J connectivity index is 2.25. The molecule has 1 atom stereocenters. The largest absolute Gasteiger partial charge is 0.382 e. The minimum Gasteiger partial charge on any atom is -0.382 e. The van der Waals surface area contributed by atoms with Gasteiger partial charge in [0, 0.05) is 13.5 Å². The van der Waals surface area contributed by atoms with E-state index in [1.54, 1.807) is 7.11 Å². The van der Waals surface area contributed by atoms with Gasteiger partial charge >= 0.3 is 0 Å². The van der Waals surface area contributed by atoms with E-state index < -0.39 is 0 Å². The van der Waals surface area contributed by atoms with Crippen LogP contribution in [0, 0.1) is 0 Å². The van der Waals surface area contributed by atoms with Crippen LogP contribution in [0.5, 0.6) is 0 Å². The highest BCUT2D eigenvalue weighted by atomic mass is 16.5. The van der Waals surface area contributed by atoms with Gasteiger partial charge in [0.15, 0.2) is 5.82 Å². The van der Waals surface area contributed by atoms with Crippen molar-refractivity contribution in [3.05, 3.63) is 11.7 Å². The summed E-state index contributed by atoms with van der Waals surface area (Å²) in [6.45, 7) is 6.86. The van der Waals surface area contributed by atoms with Gasteiger partial charge < -0.3 is 19.3 Å². The quantitative estimate of drug-likeness (QED) is 0.638. The number of nitrogens with zero attached hydrogens (tertiary/aromatic N) is 2. The second-order valence-electron chi connectivity index (χ2n) is 4.08. The first-order chi connectivity index (χ1) is 8.77. The molecule has 0 saturated carbocycles. The number of ether oxygens (including phenoxy) is 2. The Labute approximate surface area is 108 Å². The summed E-state index contributed by atoms with van der Waals surface area (Å²) in [7, 11) is 1.65. The topological polar surface area (TPSA) is 69.4 Å². The molecule has 0 amide bonds. The van der Waals surface area contributed by atoms with E-state index in [4.69, 9.17) is 14.0 Å². The third-order valence-electron chi connectivity index (χ3n) is 2.46. The molecule has 0 aromatic carbocycles. The maximum atomic E-state index is 5.35. The molecular formula is C12H23N3O3. The highest BCUT2D eigenvalue weighted by molar-refractivity contribution is 4.91. The Hall–Kier alpha value is -0.980. The molecule has 6 heteroatoms. The lowest BCUT2D eigenvalue weighted by molar-refractivity contribution is 0.0714. The Morgan fingerprint density at radius 2 is 2.17 bits per heavy atom. The zero-order chi connectivity index (χ0) is 13.2. The van der Waals surface area contributed by atoms with Gasteiger partial charge in [-0.2, -0.15) is 4.98 Å². The van der Waals surface area contributed by atoms with Gasteiger partial charge in [-0.15, -0.1) is 0 Å². The summed E-state index contributed by atoms with van der Waals surface area (Å²) in [6, 6.07) is 0.0978. The molecule has 0 saturated heterocycles. The van der Waals surface area contributed by atoms with Crippen molar-refractivity contribution in [3.63, 3.8) is 0 Å². The molecule has 0 spiro atoms. The van der Waals surface area contributed by atoms with Gasteiger partial charge in [-0.05, 0) is 19.9 Å². The maximum Gasteiger partial charge on any atom is 0.243 e. The zero-order valence-corrected chi connectivity index (χ0v) is 11.4. The highest BCUT2D eigenvalue weighted by Crippen LogP contribution is 2.09. The zero-order valence-electron chi connectivity index (χ0n) is 11.4. The number of aromatic nitrogens is 2. The van der Waals surface area contributed by atoms with Crippen LogP contribution < -0.4 is 5.32 Å². The lowest BCUT2D eigenvalue weighted by atomic mass is 10.3. The molecule has 0 aliphatic heterocycles. The van der Waals surface area contributed by atoms with Crippen LogP contribution in [0.3, 0.4) is 0 Å². The fourth-order valence-corrected chi connectivity index (χ4v) is 1.40. The summed E-state index contributed by atoms with van der Waals surface area (Å²) < 4.78 is 15.4. The van der Waals surface area contributed by atoms with Crippen molar-refractivity contribution in [2.45, 2.75) is 32.7 Å². The minimum atomic E-state index is 0.0978. The molecule has 0 bridgehead atoms. The van der Waals surface area contributed by atoms with E-state index in [2.05, 4.69) is 22.4 Å². The number of hydrogen-bond acceptors (Lipinski definition) is 6. The molecule has 1 aromatic rings. The third-order valence-corrected chi connectivity index (χ3v) is 2.46. The van der Waals surface area contributed by atoms with Crippen molar-refractivity contribution < 1.29 is 14.0 Å². The van der Waals surface area contributed by atoms with Gasteiger partial charge in [-0.25, -0.2) is 0 Å². The van der Waals surface area contributed by atoms with Gasteiger partial charge in [-0.1, -0.05) is 12.1 Å². The van der Waals surface area contributed by atoms with E-state index in [9.17, 15) is 0 Å². The molecule has 0 aliphatic carbocycles. The number of hydrogen-bond donors (Lipinski definition) is 1. The van der Waals surface area contributed by atoms with Crippen molar-refractivity contribution in [1.29, 1.82) is 0 Å². The van der Waals surface area contributed by atoms with Crippen LogP contribution in [0.15, 0.2) is 4.52 Å². The second kappa shape index (κ2) is 9.02. The van der Waals surface area contributed by atoms with E-state index in [1.165, 1.54) is 0 Å². The van der Waals surface area contributed by atoms with E-state index >= 15 is 0 Å². The third kappa shape index (κ3) is 5.57. The Kier molecular flexibility index (Phi) is 7.55. The monoisotopic (exact) mass is 257 g/mol. The molecule has 1 N–H and O–H groups in total. The fraction of sp³-hybridized carbons (Fsp3) is 0.833. The van der Waals surface area contributed by atoms with Crippen molar-refractivity contribution in [3.8, 4) is 0 Å². The summed E-state index contributed by atoms with van der Waals surface area (Å²) in [5.41, 5.74) is 0. The average molecular weight is 257 g/mol. The van der Waals surface area contributed by atoms with Crippen LogP contribution in [0.1, 0.15) is 38.0 Å². The van der Waals surface area contributed by atoms with E-state index in [0.717, 1.165) is 13.0 Å². The normalized spacial score (nSPS) is 12.8. The first kappa shape index (κ1) is 15.1. The summed E-state index contributed by atoms with van der Waals surface area (Å²) in [6.07, 6.45) is 1.74. The van der Waals surface area contributed by atoms with Crippen LogP contribution in [0.4, 0.5) is 0 Å². The Bertz CT molecular complexity index is 317. The number of rotatable bonds is 10. The lowest BCUT2D eigenvalue weighted by Crippen LogP contribution is -2.19. The molecule has 1 unspecified atom stereocenters. The molecule has 104 valence electrons. The molecule has 1 aromatic heterocycles. The fourth-order valence-electron chi connectivity index (χ4n) is 1.40. The smallest absolute Gasteiger partial charge is 0.243 e. The molecule has 0 fully saturated rings. The van der Waals surface area contributed by atoms with Crippen LogP contribution in [-0.4, -0.2) is 43.6 Å². The van der Waals surface area contributed by atoms with Crippen LogP contribution in [0.25, 0.3) is 0 Å². The molecule has 0 aliphatic rings. The van der Waals surface area contributed by atoms with Gasteiger partial charge in [0.1, 0.15) is 0 Å². The Morgan fingerprint density at radius 3 is 2.89 bits per heavy atom. The second-order valence-corrected chi connectivity index (χ2v) is 4.08. The van der Waals surface area contributed by atoms with Crippen LogP contribution >= 0.6 is 0 Å². The van der Waals surface area contributed by atoms with Gasteiger partial charge in [0.05, 0.1) is 25.9 Å². The van der Waals surface area contributed by atoms with Crippen molar-refractivity contribution in [2.24, 2.45) is 0 Å². The van der Waals surface area contributed by atoms with E-state index in [0.29, 0.717) is 38.0 Å². The summed E-state index contributed by atoms with van der Waals surface area (Å²) >= 11 is 0. The lowest BCUT2D eigenvalue weighted by Gasteiger charge is -2.06. The van der Waals surface area contributed by atoms with Gasteiger partial charge in [0.2, 0.25) is 5.89 Å². The summed E-state index contributed by atoms with van der Waals surface area (Å²) in [5, 5.41) is 7.23. The predicted molar refractivity (Wildman–Crippen MR) is 67.4 cm³/mol. The predicted octanol–water partition coefficient (Wildman–Crippen LogP) is 1.34. The maximum absolute atomic E-state index is 5.35. The summed E-state index contributed by atoms with van der Waals surface area (Å²) in [5.74, 6) is 1.32. The highest BCUT2D eigenvalue weighted by Gasteiger charge is 2.12. The first-order valence-corrected chi connectivity index (χ1v) is 6.40. The van der Waals surface area contributed by atoms with Gasteiger partial charge in [-0.3, -0.25) is 0 Å². The minimum absolute atomic E-state index is 0.0978. The van der Waals surface area contributed by atoms with E-state index in [1.807, 2.05) is 6.92 Å². The molecule has 0 radical (unpaired) electrons. The average Bonchev–Trinajstić information content (AvgIpc) is 2.84. The molecule has 1 rings (SSSR count). The number of methoxy groups -OCH3 is 1. The Morgan fingerprint density at radius 1 is 1.33 bits per heavy atom. The van der Waals surface area contributed by atoms with Crippen LogP contribution in [-0.2, 0) is 15.9 Å². The standard InChI is InChI=1S/C12H23N3O3/c1-4-6-13-10(2)12-14-11(15-18-12)5-7-17-9-8-16-3/h10,13H,4-9H2,1-3H3. The molecule has 18 heavy (non-hydrogen) atoms. The molecular weight excluding hydrogens is 234 g/mol. The molecule has 6 nitrogen and oxygen atoms in total. The van der Waals surface area contributed by atoms with Crippen molar-refractivity contribution in [1.82, 2.24) is 15.5 Å². The first-order valence-electron chi connectivity index (χ1n) is 6.40. The van der Waals surface area contributed by atoms with Crippen LogP contribution in [0.2, 0.25) is 0 Å². The van der Waals surface area contributed by atoms with E-state index in [-0.39, 0.29) is 6.04 Å². The number of nitrogens with one attached hydrogen (secondary N) is 1. The molecule has 1 heterocycles. The van der Waals surface area contributed by atoms with Crippen molar-refractivity contribution >= 4 is 0 Å². The summed E-state index contributed by atoms with van der Waals surface area (Å²) in [4.78, 5) is 4.33.